The average molecular weight is 652 g/mol. The van der Waals surface area contributed by atoms with Crippen LogP contribution in [0.15, 0.2) is 73.1 Å². The van der Waals surface area contributed by atoms with Crippen molar-refractivity contribution in [3.63, 3.8) is 0 Å². The van der Waals surface area contributed by atoms with E-state index in [1.54, 1.807) is 24.3 Å². The normalized spacial score (nSPS) is 26.1. The number of anilines is 1. The maximum absolute atomic E-state index is 14.5. The first-order valence-electron chi connectivity index (χ1n) is 18.0. The van der Waals surface area contributed by atoms with E-state index in [0.717, 1.165) is 105 Å². The molecule has 2 N–H and O–H groups in total. The molecule has 0 atom stereocenters. The van der Waals surface area contributed by atoms with Gasteiger partial charge in [-0.3, -0.25) is 9.80 Å². The lowest BCUT2D eigenvalue weighted by Crippen LogP contribution is -2.71. The number of aromatic nitrogens is 2. The monoisotopic (exact) mass is 651 g/mol. The van der Waals surface area contributed by atoms with Crippen molar-refractivity contribution in [2.24, 2.45) is 0 Å². The summed E-state index contributed by atoms with van der Waals surface area (Å²) in [6, 6.07) is 19.2. The van der Waals surface area contributed by atoms with Gasteiger partial charge in [0, 0.05) is 78.1 Å². The van der Waals surface area contributed by atoms with E-state index in [9.17, 15) is 13.2 Å². The predicted octanol–water partition coefficient (Wildman–Crippen LogP) is 8.69. The zero-order valence-corrected chi connectivity index (χ0v) is 27.4. The van der Waals surface area contributed by atoms with E-state index in [-0.39, 0.29) is 17.5 Å². The van der Waals surface area contributed by atoms with Crippen LogP contribution < -0.4 is 4.90 Å². The summed E-state index contributed by atoms with van der Waals surface area (Å²) in [6.07, 6.45) is 13.3. The minimum atomic E-state index is -0.172. The molecule has 2 aliphatic heterocycles. The van der Waals surface area contributed by atoms with Gasteiger partial charge in [-0.2, -0.15) is 0 Å². The lowest BCUT2D eigenvalue weighted by atomic mass is 9.79. The second-order valence-corrected chi connectivity index (χ2v) is 15.0. The van der Waals surface area contributed by atoms with Crippen LogP contribution in [-0.2, 0) is 0 Å². The molecule has 4 aliphatic rings. The van der Waals surface area contributed by atoms with Gasteiger partial charge in [0.05, 0.1) is 12.1 Å². The molecule has 2 saturated heterocycles. The number of hydrogen-bond acceptors (Lipinski definition) is 3. The summed E-state index contributed by atoms with van der Waals surface area (Å²) in [5.74, 6) is 0.427. The van der Waals surface area contributed by atoms with Gasteiger partial charge >= 0.3 is 0 Å². The van der Waals surface area contributed by atoms with Crippen molar-refractivity contribution < 1.29 is 13.2 Å². The van der Waals surface area contributed by atoms with Crippen molar-refractivity contribution in [3.05, 3.63) is 102 Å². The number of benzene rings is 3. The molecule has 2 aromatic heterocycles. The Labute approximate surface area is 280 Å². The van der Waals surface area contributed by atoms with Gasteiger partial charge in [0.1, 0.15) is 17.5 Å². The smallest absolute Gasteiger partial charge is 0.125 e. The molecule has 3 aromatic carbocycles. The van der Waals surface area contributed by atoms with Crippen LogP contribution in [0.3, 0.4) is 0 Å². The number of H-pyrrole nitrogens is 2. The highest BCUT2D eigenvalue weighted by molar-refractivity contribution is 5.84. The standard InChI is InChI=1S/C40H44F3N5/c41-27-2-1-3-32(16-27)48(33-21-46(22-33)30-10-4-25(5-11-30)37-19-44-39-14-8-28(42)17-35(37)39)34-23-47(24-34)31-12-6-26(7-13-31)38-20-45-40-15-9-29(43)18-36(38)40/h1-3,8-9,14-20,25-26,30-31,33-34,44-45H,4-7,10-13,21-24H2. The third kappa shape index (κ3) is 5.51. The van der Waals surface area contributed by atoms with Crippen LogP contribution in [0.4, 0.5) is 18.9 Å². The Kier molecular flexibility index (Phi) is 7.76. The zero-order valence-electron chi connectivity index (χ0n) is 27.4. The van der Waals surface area contributed by atoms with E-state index in [0.29, 0.717) is 36.0 Å². The van der Waals surface area contributed by atoms with E-state index in [1.165, 1.54) is 23.3 Å². The van der Waals surface area contributed by atoms with E-state index in [2.05, 4.69) is 43.1 Å². The number of fused-ring (bicyclic) bond motifs is 2. The summed E-state index contributed by atoms with van der Waals surface area (Å²) in [6.45, 7) is 4.10. The molecule has 2 saturated carbocycles. The van der Waals surface area contributed by atoms with Crippen molar-refractivity contribution in [3.8, 4) is 0 Å². The van der Waals surface area contributed by atoms with Gasteiger partial charge in [-0.15, -0.1) is 0 Å². The minimum Gasteiger partial charge on any atom is -0.361 e. The van der Waals surface area contributed by atoms with Gasteiger partial charge in [-0.25, -0.2) is 13.2 Å². The fourth-order valence-corrected chi connectivity index (χ4v) is 9.69. The number of hydrogen-bond donors (Lipinski definition) is 2. The largest absolute Gasteiger partial charge is 0.361 e. The highest BCUT2D eigenvalue weighted by Gasteiger charge is 2.44. The first-order valence-corrected chi connectivity index (χ1v) is 18.0. The van der Waals surface area contributed by atoms with Crippen molar-refractivity contribution in [2.75, 3.05) is 31.1 Å². The highest BCUT2D eigenvalue weighted by Crippen LogP contribution is 2.42. The Bertz CT molecular complexity index is 1790. The number of halogens is 3. The van der Waals surface area contributed by atoms with Crippen molar-refractivity contribution in [2.45, 2.75) is 87.4 Å². The Morgan fingerprint density at radius 2 is 1.00 bits per heavy atom. The lowest BCUT2D eigenvalue weighted by molar-refractivity contribution is 0.0292. The second-order valence-electron chi connectivity index (χ2n) is 15.0. The van der Waals surface area contributed by atoms with E-state index in [4.69, 9.17) is 0 Å². The Morgan fingerprint density at radius 3 is 1.46 bits per heavy atom. The molecule has 5 aromatic rings. The van der Waals surface area contributed by atoms with Crippen LogP contribution >= 0.6 is 0 Å². The molecule has 4 fully saturated rings. The molecule has 250 valence electrons. The van der Waals surface area contributed by atoms with Gasteiger partial charge in [0.2, 0.25) is 0 Å². The second kappa shape index (κ2) is 12.3. The first-order chi connectivity index (χ1) is 23.5. The molecule has 8 heteroatoms. The molecule has 5 nitrogen and oxygen atoms in total. The molecule has 2 aliphatic carbocycles. The molecule has 9 rings (SSSR count). The maximum atomic E-state index is 14.5. The Balaban J connectivity index is 0.811. The van der Waals surface area contributed by atoms with Crippen LogP contribution in [0, 0.1) is 17.5 Å². The molecule has 48 heavy (non-hydrogen) atoms. The number of nitrogens with one attached hydrogen (secondary N) is 2. The lowest BCUT2D eigenvalue weighted by Gasteiger charge is -2.57. The van der Waals surface area contributed by atoms with Gasteiger partial charge < -0.3 is 14.9 Å². The molecule has 4 heterocycles. The number of aromatic amines is 2. The van der Waals surface area contributed by atoms with Crippen LogP contribution in [-0.4, -0.2) is 70.1 Å². The van der Waals surface area contributed by atoms with Crippen LogP contribution in [0.5, 0.6) is 0 Å². The maximum Gasteiger partial charge on any atom is 0.125 e. The van der Waals surface area contributed by atoms with Gasteiger partial charge in [-0.05, 0) is 129 Å². The molecular weight excluding hydrogens is 607 g/mol. The van der Waals surface area contributed by atoms with Crippen LogP contribution in [0.25, 0.3) is 21.8 Å². The Hall–Kier alpha value is -3.75. The highest BCUT2D eigenvalue weighted by atomic mass is 19.1. The van der Waals surface area contributed by atoms with Crippen LogP contribution in [0.1, 0.15) is 74.3 Å². The van der Waals surface area contributed by atoms with Gasteiger partial charge in [0.15, 0.2) is 0 Å². The quantitative estimate of drug-likeness (QED) is 0.185. The fraction of sp³-hybridized carbons (Fsp3) is 0.450. The molecule has 0 unspecified atom stereocenters. The number of likely N-dealkylation sites (tertiary alicyclic amines) is 2. The average Bonchev–Trinajstić information content (AvgIpc) is 3.67. The van der Waals surface area contributed by atoms with Crippen molar-refractivity contribution in [1.82, 2.24) is 19.8 Å². The molecule has 0 amide bonds. The van der Waals surface area contributed by atoms with Crippen molar-refractivity contribution in [1.29, 1.82) is 0 Å². The van der Waals surface area contributed by atoms with E-state index in [1.807, 2.05) is 18.2 Å². The summed E-state index contributed by atoms with van der Waals surface area (Å²) in [5.41, 5.74) is 5.56. The van der Waals surface area contributed by atoms with Crippen molar-refractivity contribution >= 4 is 27.5 Å². The van der Waals surface area contributed by atoms with E-state index >= 15 is 0 Å². The fourth-order valence-electron chi connectivity index (χ4n) is 9.69. The molecule has 0 bridgehead atoms. The first kappa shape index (κ1) is 30.3. The molecule has 0 radical (unpaired) electrons. The minimum absolute atomic E-state index is 0.171. The molecular formula is C40H44F3N5. The third-order valence-electron chi connectivity index (χ3n) is 12.3. The topological polar surface area (TPSA) is 41.3 Å². The summed E-state index contributed by atoms with van der Waals surface area (Å²) < 4.78 is 42.5. The summed E-state index contributed by atoms with van der Waals surface area (Å²) in [7, 11) is 0. The Morgan fingerprint density at radius 1 is 0.542 bits per heavy atom. The van der Waals surface area contributed by atoms with Gasteiger partial charge in [-0.1, -0.05) is 6.07 Å². The summed E-state index contributed by atoms with van der Waals surface area (Å²) >= 11 is 0. The number of nitrogens with zero attached hydrogens (tertiary/aromatic N) is 3. The third-order valence-corrected chi connectivity index (χ3v) is 12.3. The zero-order chi connectivity index (χ0) is 32.4. The number of rotatable bonds is 7. The van der Waals surface area contributed by atoms with E-state index < -0.39 is 0 Å². The SMILES string of the molecule is Fc1cccc(N(C2CN(C3CCC(c4c[nH]c5ccc(F)cc45)CC3)C2)C2CN(C3CCC(c4c[nH]c5ccc(F)cc45)CC3)C2)c1. The predicted molar refractivity (Wildman–Crippen MR) is 186 cm³/mol. The summed E-state index contributed by atoms with van der Waals surface area (Å²) in [5, 5.41) is 2.06. The van der Waals surface area contributed by atoms with Gasteiger partial charge in [0.25, 0.3) is 0 Å². The molecule has 0 spiro atoms. The summed E-state index contributed by atoms with van der Waals surface area (Å²) in [4.78, 5) is 14.5. The van der Waals surface area contributed by atoms with Crippen LogP contribution in [0.2, 0.25) is 0 Å².